The van der Waals surface area contributed by atoms with Gasteiger partial charge in [-0.2, -0.15) is 0 Å². The van der Waals surface area contributed by atoms with Crippen LogP contribution < -0.4 is 10.0 Å². The van der Waals surface area contributed by atoms with E-state index in [4.69, 9.17) is 0 Å². The molecule has 0 aromatic heterocycles. The van der Waals surface area contributed by atoms with Crippen LogP contribution in [0.25, 0.3) is 0 Å². The van der Waals surface area contributed by atoms with Crippen molar-refractivity contribution in [2.75, 3.05) is 19.6 Å². The second-order valence-electron chi connectivity index (χ2n) is 7.87. The van der Waals surface area contributed by atoms with Crippen LogP contribution in [0.4, 0.5) is 0 Å². The largest absolute Gasteiger partial charge is 0.349 e. The first-order valence-electron chi connectivity index (χ1n) is 10.6. The highest BCUT2D eigenvalue weighted by atomic mass is 32.2. The summed E-state index contributed by atoms with van der Waals surface area (Å²) in [5, 5.41) is 3.06. The van der Waals surface area contributed by atoms with Crippen LogP contribution >= 0.6 is 0 Å². The van der Waals surface area contributed by atoms with Gasteiger partial charge in [-0.25, -0.2) is 13.1 Å². The summed E-state index contributed by atoms with van der Waals surface area (Å²) in [7, 11) is -3.75. The zero-order valence-electron chi connectivity index (χ0n) is 17.7. The fourth-order valence-corrected chi connectivity index (χ4v) is 5.08. The van der Waals surface area contributed by atoms with Crippen LogP contribution in [0, 0.1) is 0 Å². The minimum Gasteiger partial charge on any atom is -0.349 e. The molecule has 6 nitrogen and oxygen atoms in total. The molecule has 1 heterocycles. The SMILES string of the molecule is CCCN1CCC(NC(=O)c2cccc(S(=O)(=O)NC(C)c3ccccc3)c2)CC1. The van der Waals surface area contributed by atoms with Crippen LogP contribution in [0.15, 0.2) is 59.5 Å². The minimum atomic E-state index is -3.75. The smallest absolute Gasteiger partial charge is 0.251 e. The summed E-state index contributed by atoms with van der Waals surface area (Å²) in [6.45, 7) is 7.02. The maximum Gasteiger partial charge on any atom is 0.251 e. The summed E-state index contributed by atoms with van der Waals surface area (Å²) in [4.78, 5) is 15.2. The monoisotopic (exact) mass is 429 g/mol. The average molecular weight is 430 g/mol. The Labute approximate surface area is 179 Å². The second kappa shape index (κ2) is 10.2. The summed E-state index contributed by atoms with van der Waals surface area (Å²) in [6, 6.07) is 15.4. The molecule has 7 heteroatoms. The number of carbonyl (C=O) groups excluding carboxylic acids is 1. The Morgan fingerprint density at radius 3 is 2.47 bits per heavy atom. The number of benzene rings is 2. The molecule has 1 atom stereocenters. The fourth-order valence-electron chi connectivity index (χ4n) is 3.80. The Hall–Kier alpha value is -2.22. The van der Waals surface area contributed by atoms with Crippen molar-refractivity contribution in [2.24, 2.45) is 0 Å². The van der Waals surface area contributed by atoms with Gasteiger partial charge in [-0.15, -0.1) is 0 Å². The van der Waals surface area contributed by atoms with Crippen LogP contribution in [-0.2, 0) is 10.0 Å². The van der Waals surface area contributed by atoms with E-state index < -0.39 is 10.0 Å². The molecule has 0 bridgehead atoms. The fraction of sp³-hybridized carbons (Fsp3) is 0.435. The zero-order chi connectivity index (χ0) is 21.6. The van der Waals surface area contributed by atoms with Crippen LogP contribution in [0.2, 0.25) is 0 Å². The van der Waals surface area contributed by atoms with Crippen LogP contribution in [-0.4, -0.2) is 44.9 Å². The van der Waals surface area contributed by atoms with Crippen LogP contribution in [0.3, 0.4) is 0 Å². The number of sulfonamides is 1. The van der Waals surface area contributed by atoms with E-state index in [1.807, 2.05) is 30.3 Å². The Morgan fingerprint density at radius 2 is 1.80 bits per heavy atom. The number of piperidine rings is 1. The molecule has 2 aromatic rings. The van der Waals surface area contributed by atoms with Gasteiger partial charge in [0.1, 0.15) is 0 Å². The quantitative estimate of drug-likeness (QED) is 0.675. The lowest BCUT2D eigenvalue weighted by molar-refractivity contribution is 0.0911. The van der Waals surface area contributed by atoms with Crippen LogP contribution in [0.5, 0.6) is 0 Å². The molecule has 162 valence electrons. The molecule has 0 spiro atoms. The van der Waals surface area contributed by atoms with Gasteiger partial charge in [0.25, 0.3) is 5.91 Å². The first-order chi connectivity index (χ1) is 14.4. The van der Waals surface area contributed by atoms with Gasteiger partial charge in [0.2, 0.25) is 10.0 Å². The van der Waals surface area contributed by atoms with E-state index in [0.717, 1.165) is 44.5 Å². The molecular weight excluding hydrogens is 398 g/mol. The molecule has 1 aliphatic heterocycles. The van der Waals surface area contributed by atoms with Gasteiger partial charge in [0.05, 0.1) is 4.90 Å². The van der Waals surface area contributed by atoms with Gasteiger partial charge in [0.15, 0.2) is 0 Å². The Kier molecular flexibility index (Phi) is 7.64. The molecule has 3 rings (SSSR count). The molecule has 1 unspecified atom stereocenters. The van der Waals surface area contributed by atoms with Gasteiger partial charge in [-0.3, -0.25) is 4.79 Å². The first kappa shape index (κ1) is 22.5. The minimum absolute atomic E-state index is 0.0932. The van der Waals surface area contributed by atoms with Crippen molar-refractivity contribution in [3.05, 3.63) is 65.7 Å². The lowest BCUT2D eigenvalue weighted by Crippen LogP contribution is -2.44. The summed E-state index contributed by atoms with van der Waals surface area (Å²) in [5.74, 6) is -0.225. The van der Waals surface area contributed by atoms with E-state index in [1.54, 1.807) is 19.1 Å². The third-order valence-electron chi connectivity index (χ3n) is 5.50. The molecule has 1 fully saturated rings. The number of hydrogen-bond donors (Lipinski definition) is 2. The summed E-state index contributed by atoms with van der Waals surface area (Å²) in [5.41, 5.74) is 1.24. The highest BCUT2D eigenvalue weighted by Gasteiger charge is 2.23. The van der Waals surface area contributed by atoms with Crippen molar-refractivity contribution in [3.63, 3.8) is 0 Å². The van der Waals surface area contributed by atoms with Gasteiger partial charge in [-0.05, 0) is 56.5 Å². The average Bonchev–Trinajstić information content (AvgIpc) is 2.76. The number of nitrogens with one attached hydrogen (secondary N) is 2. The number of amides is 1. The van der Waals surface area contributed by atoms with E-state index in [2.05, 4.69) is 21.9 Å². The molecule has 1 saturated heterocycles. The predicted octanol–water partition coefficient (Wildman–Crippen LogP) is 3.33. The summed E-state index contributed by atoms with van der Waals surface area (Å²) >= 11 is 0. The van der Waals surface area contributed by atoms with Crippen molar-refractivity contribution in [1.29, 1.82) is 0 Å². The standard InChI is InChI=1S/C23H31N3O3S/c1-3-14-26-15-12-21(13-16-26)24-23(27)20-10-7-11-22(17-20)30(28,29)25-18(2)19-8-5-4-6-9-19/h4-11,17-18,21,25H,3,12-16H2,1-2H3,(H,24,27). The molecule has 0 radical (unpaired) electrons. The van der Waals surface area contributed by atoms with E-state index >= 15 is 0 Å². The zero-order valence-corrected chi connectivity index (χ0v) is 18.5. The lowest BCUT2D eigenvalue weighted by atomic mass is 10.0. The van der Waals surface area contributed by atoms with Crippen molar-refractivity contribution in [3.8, 4) is 0 Å². The van der Waals surface area contributed by atoms with E-state index in [9.17, 15) is 13.2 Å². The Balaban J connectivity index is 1.64. The molecule has 2 aromatic carbocycles. The highest BCUT2D eigenvalue weighted by Crippen LogP contribution is 2.18. The third kappa shape index (κ3) is 5.90. The number of rotatable bonds is 8. The third-order valence-corrected chi connectivity index (χ3v) is 7.04. The lowest BCUT2D eigenvalue weighted by Gasteiger charge is -2.32. The molecule has 0 aliphatic carbocycles. The first-order valence-corrected chi connectivity index (χ1v) is 12.1. The van der Waals surface area contributed by atoms with Gasteiger partial charge >= 0.3 is 0 Å². The molecule has 1 aliphatic rings. The van der Waals surface area contributed by atoms with Gasteiger partial charge in [-0.1, -0.05) is 43.3 Å². The normalized spacial score (nSPS) is 16.9. The van der Waals surface area contributed by atoms with E-state index in [1.165, 1.54) is 12.1 Å². The van der Waals surface area contributed by atoms with Crippen molar-refractivity contribution >= 4 is 15.9 Å². The topological polar surface area (TPSA) is 78.5 Å². The molecule has 2 N–H and O–H groups in total. The number of hydrogen-bond acceptors (Lipinski definition) is 4. The number of likely N-dealkylation sites (tertiary alicyclic amines) is 1. The van der Waals surface area contributed by atoms with Crippen molar-refractivity contribution < 1.29 is 13.2 Å². The van der Waals surface area contributed by atoms with E-state index in [0.29, 0.717) is 5.56 Å². The van der Waals surface area contributed by atoms with Gasteiger partial charge in [0, 0.05) is 30.7 Å². The van der Waals surface area contributed by atoms with Gasteiger partial charge < -0.3 is 10.2 Å². The van der Waals surface area contributed by atoms with Crippen molar-refractivity contribution in [1.82, 2.24) is 14.9 Å². The summed E-state index contributed by atoms with van der Waals surface area (Å²) in [6.07, 6.45) is 2.97. The highest BCUT2D eigenvalue weighted by molar-refractivity contribution is 7.89. The Bertz CT molecular complexity index is 939. The Morgan fingerprint density at radius 1 is 1.10 bits per heavy atom. The maximum atomic E-state index is 12.8. The summed E-state index contributed by atoms with van der Waals surface area (Å²) < 4.78 is 28.3. The van der Waals surface area contributed by atoms with E-state index in [-0.39, 0.29) is 22.9 Å². The predicted molar refractivity (Wildman–Crippen MR) is 119 cm³/mol. The number of carbonyl (C=O) groups is 1. The molecular formula is C23H31N3O3S. The number of nitrogens with zero attached hydrogens (tertiary/aromatic N) is 1. The molecule has 0 saturated carbocycles. The second-order valence-corrected chi connectivity index (χ2v) is 9.58. The maximum absolute atomic E-state index is 12.8. The van der Waals surface area contributed by atoms with Crippen LogP contribution in [0.1, 0.15) is 55.1 Å². The molecule has 30 heavy (non-hydrogen) atoms. The van der Waals surface area contributed by atoms with Crippen molar-refractivity contribution in [2.45, 2.75) is 50.1 Å². The molecule has 1 amide bonds.